The van der Waals surface area contributed by atoms with Crippen molar-refractivity contribution in [1.29, 1.82) is 0 Å². The topological polar surface area (TPSA) is 29.9 Å². The van der Waals surface area contributed by atoms with E-state index in [0.717, 1.165) is 30.2 Å². The first-order valence-corrected chi connectivity index (χ1v) is 6.99. The van der Waals surface area contributed by atoms with Gasteiger partial charge in [-0.15, -0.1) is 0 Å². The average Bonchev–Trinajstić information content (AvgIpc) is 2.69. The number of aromatic nitrogens is 2. The summed E-state index contributed by atoms with van der Waals surface area (Å²) in [6.45, 7) is 6.04. The van der Waals surface area contributed by atoms with Gasteiger partial charge < -0.3 is 5.32 Å². The summed E-state index contributed by atoms with van der Waals surface area (Å²) in [6.07, 6.45) is 3.18. The van der Waals surface area contributed by atoms with E-state index in [4.69, 9.17) is 11.6 Å². The Hall–Kier alpha value is -1.32. The lowest BCUT2D eigenvalue weighted by atomic mass is 10.0. The highest BCUT2D eigenvalue weighted by molar-refractivity contribution is 6.30. The summed E-state index contributed by atoms with van der Waals surface area (Å²) in [5.41, 5.74) is 4.64. The van der Waals surface area contributed by atoms with Gasteiger partial charge in [0.05, 0.1) is 5.69 Å². The van der Waals surface area contributed by atoms with Gasteiger partial charge in [0.25, 0.3) is 0 Å². The maximum absolute atomic E-state index is 6.11. The predicted octanol–water partition coefficient (Wildman–Crippen LogP) is 3.55. The molecule has 2 aromatic rings. The smallest absolute Gasteiger partial charge is 0.0672 e. The Kier molecular flexibility index (Phi) is 4.61. The predicted molar refractivity (Wildman–Crippen MR) is 80.4 cm³/mol. The van der Waals surface area contributed by atoms with E-state index in [1.165, 1.54) is 16.7 Å². The van der Waals surface area contributed by atoms with E-state index < -0.39 is 0 Å². The molecule has 1 aromatic heterocycles. The summed E-state index contributed by atoms with van der Waals surface area (Å²) in [5, 5.41) is 8.62. The molecule has 4 heteroatoms. The number of benzene rings is 1. The first kappa shape index (κ1) is 14.1. The molecule has 0 spiro atoms. The second kappa shape index (κ2) is 6.22. The van der Waals surface area contributed by atoms with Crippen molar-refractivity contribution in [3.05, 3.63) is 40.7 Å². The van der Waals surface area contributed by atoms with Gasteiger partial charge in [-0.05, 0) is 43.1 Å². The van der Waals surface area contributed by atoms with Crippen molar-refractivity contribution >= 4 is 11.6 Å². The molecule has 0 bridgehead atoms. The van der Waals surface area contributed by atoms with E-state index in [0.29, 0.717) is 0 Å². The van der Waals surface area contributed by atoms with Crippen LogP contribution in [-0.2, 0) is 13.6 Å². The van der Waals surface area contributed by atoms with Gasteiger partial charge in [0.2, 0.25) is 0 Å². The van der Waals surface area contributed by atoms with E-state index in [-0.39, 0.29) is 0 Å². The number of nitrogens with zero attached hydrogens (tertiary/aromatic N) is 2. The molecular formula is C15H20ClN3. The summed E-state index contributed by atoms with van der Waals surface area (Å²) < 4.78 is 1.85. The summed E-state index contributed by atoms with van der Waals surface area (Å²) in [7, 11) is 1.95. The van der Waals surface area contributed by atoms with E-state index in [2.05, 4.69) is 29.6 Å². The number of rotatable bonds is 5. The molecule has 0 fully saturated rings. The SMILES string of the molecule is CCCNCc1cc(Cl)ccc1-c1cn(C)nc1C. The van der Waals surface area contributed by atoms with Crippen molar-refractivity contribution in [3.63, 3.8) is 0 Å². The van der Waals surface area contributed by atoms with Crippen LogP contribution < -0.4 is 5.32 Å². The minimum Gasteiger partial charge on any atom is -0.313 e. The molecule has 0 aliphatic carbocycles. The van der Waals surface area contributed by atoms with Crippen molar-refractivity contribution < 1.29 is 0 Å². The number of hydrogen-bond donors (Lipinski definition) is 1. The highest BCUT2D eigenvalue weighted by Gasteiger charge is 2.11. The zero-order valence-corrected chi connectivity index (χ0v) is 12.5. The largest absolute Gasteiger partial charge is 0.313 e. The lowest BCUT2D eigenvalue weighted by Gasteiger charge is -2.10. The van der Waals surface area contributed by atoms with Crippen LogP contribution in [0, 0.1) is 6.92 Å². The third-order valence-electron chi connectivity index (χ3n) is 3.11. The molecular weight excluding hydrogens is 258 g/mol. The van der Waals surface area contributed by atoms with E-state index >= 15 is 0 Å². The van der Waals surface area contributed by atoms with Crippen LogP contribution in [0.15, 0.2) is 24.4 Å². The second-order valence-corrected chi connectivity index (χ2v) is 5.22. The van der Waals surface area contributed by atoms with Gasteiger partial charge in [-0.3, -0.25) is 4.68 Å². The fourth-order valence-corrected chi connectivity index (χ4v) is 2.43. The Morgan fingerprint density at radius 3 is 2.74 bits per heavy atom. The normalized spacial score (nSPS) is 10.9. The molecule has 0 saturated heterocycles. The molecule has 2 rings (SSSR count). The van der Waals surface area contributed by atoms with Gasteiger partial charge >= 0.3 is 0 Å². The van der Waals surface area contributed by atoms with Gasteiger partial charge in [0.15, 0.2) is 0 Å². The maximum Gasteiger partial charge on any atom is 0.0672 e. The molecule has 0 amide bonds. The van der Waals surface area contributed by atoms with Crippen molar-refractivity contribution in [2.75, 3.05) is 6.54 Å². The molecule has 0 aliphatic heterocycles. The first-order valence-electron chi connectivity index (χ1n) is 6.61. The summed E-state index contributed by atoms with van der Waals surface area (Å²) >= 11 is 6.11. The van der Waals surface area contributed by atoms with Crippen molar-refractivity contribution in [2.45, 2.75) is 26.8 Å². The average molecular weight is 278 g/mol. The molecule has 1 aromatic carbocycles. The molecule has 0 radical (unpaired) electrons. The Labute approximate surface area is 119 Å². The minimum absolute atomic E-state index is 0.776. The Morgan fingerprint density at radius 2 is 2.11 bits per heavy atom. The zero-order chi connectivity index (χ0) is 13.8. The van der Waals surface area contributed by atoms with Gasteiger partial charge in [0.1, 0.15) is 0 Å². The van der Waals surface area contributed by atoms with Crippen molar-refractivity contribution in [2.24, 2.45) is 7.05 Å². The van der Waals surface area contributed by atoms with Crippen molar-refractivity contribution in [1.82, 2.24) is 15.1 Å². The highest BCUT2D eigenvalue weighted by Crippen LogP contribution is 2.28. The number of nitrogens with one attached hydrogen (secondary N) is 1. The zero-order valence-electron chi connectivity index (χ0n) is 11.7. The Morgan fingerprint density at radius 1 is 1.32 bits per heavy atom. The van der Waals surface area contributed by atoms with E-state index in [9.17, 15) is 0 Å². The van der Waals surface area contributed by atoms with Crippen LogP contribution in [0.1, 0.15) is 24.6 Å². The van der Waals surface area contributed by atoms with E-state index in [1.54, 1.807) is 0 Å². The van der Waals surface area contributed by atoms with Crippen LogP contribution >= 0.6 is 11.6 Å². The molecule has 0 aliphatic rings. The van der Waals surface area contributed by atoms with Crippen LogP contribution in [0.4, 0.5) is 0 Å². The van der Waals surface area contributed by atoms with E-state index in [1.807, 2.05) is 30.8 Å². The third-order valence-corrected chi connectivity index (χ3v) is 3.35. The van der Waals surface area contributed by atoms with Gasteiger partial charge in [-0.1, -0.05) is 24.6 Å². The molecule has 1 heterocycles. The first-order chi connectivity index (χ1) is 9.11. The fraction of sp³-hybridized carbons (Fsp3) is 0.400. The Bertz CT molecular complexity index is 561. The monoisotopic (exact) mass is 277 g/mol. The summed E-state index contributed by atoms with van der Waals surface area (Å²) in [6, 6.07) is 6.05. The standard InChI is InChI=1S/C15H20ClN3/c1-4-7-17-9-12-8-13(16)5-6-14(12)15-10-19(3)18-11(15)2/h5-6,8,10,17H,4,7,9H2,1-3H3. The fourth-order valence-electron chi connectivity index (χ4n) is 2.24. The molecule has 1 N–H and O–H groups in total. The van der Waals surface area contributed by atoms with Crippen LogP contribution in [0.2, 0.25) is 5.02 Å². The van der Waals surface area contributed by atoms with Crippen LogP contribution in [0.25, 0.3) is 11.1 Å². The minimum atomic E-state index is 0.776. The molecule has 0 atom stereocenters. The van der Waals surface area contributed by atoms with Gasteiger partial charge in [0, 0.05) is 30.4 Å². The molecule has 0 unspecified atom stereocenters. The number of halogens is 1. The lowest BCUT2D eigenvalue weighted by Crippen LogP contribution is -2.14. The molecule has 102 valence electrons. The van der Waals surface area contributed by atoms with Crippen LogP contribution in [0.5, 0.6) is 0 Å². The third kappa shape index (κ3) is 3.37. The quantitative estimate of drug-likeness (QED) is 0.847. The Balaban J connectivity index is 2.36. The molecule has 19 heavy (non-hydrogen) atoms. The molecule has 3 nitrogen and oxygen atoms in total. The number of hydrogen-bond acceptors (Lipinski definition) is 2. The van der Waals surface area contributed by atoms with Crippen LogP contribution in [-0.4, -0.2) is 16.3 Å². The number of aryl methyl sites for hydroxylation is 2. The van der Waals surface area contributed by atoms with Crippen molar-refractivity contribution in [3.8, 4) is 11.1 Å². The maximum atomic E-state index is 6.11. The molecule has 0 saturated carbocycles. The summed E-state index contributed by atoms with van der Waals surface area (Å²) in [5.74, 6) is 0. The second-order valence-electron chi connectivity index (χ2n) is 4.78. The van der Waals surface area contributed by atoms with Gasteiger partial charge in [-0.25, -0.2) is 0 Å². The van der Waals surface area contributed by atoms with Gasteiger partial charge in [-0.2, -0.15) is 5.10 Å². The lowest BCUT2D eigenvalue weighted by molar-refractivity contribution is 0.676. The van der Waals surface area contributed by atoms with Crippen LogP contribution in [0.3, 0.4) is 0 Å². The summed E-state index contributed by atoms with van der Waals surface area (Å²) in [4.78, 5) is 0. The highest BCUT2D eigenvalue weighted by atomic mass is 35.5.